The van der Waals surface area contributed by atoms with Gasteiger partial charge in [-0.25, -0.2) is 0 Å². The van der Waals surface area contributed by atoms with Crippen molar-refractivity contribution in [2.24, 2.45) is 0 Å². The van der Waals surface area contributed by atoms with Crippen molar-refractivity contribution in [2.45, 2.75) is 33.1 Å². The molecule has 1 aromatic carbocycles. The molecule has 1 aliphatic rings. The molecule has 5 heteroatoms. The van der Waals surface area contributed by atoms with Gasteiger partial charge in [0, 0.05) is 24.3 Å². The average molecular weight is 317 g/mol. The monoisotopic (exact) mass is 317 g/mol. The lowest BCUT2D eigenvalue weighted by Gasteiger charge is -2.25. The quantitative estimate of drug-likeness (QED) is 0.877. The molecule has 0 radical (unpaired) electrons. The second-order valence-corrected chi connectivity index (χ2v) is 5.94. The van der Waals surface area contributed by atoms with Crippen molar-refractivity contribution in [1.82, 2.24) is 9.80 Å². The van der Waals surface area contributed by atoms with E-state index in [9.17, 15) is 9.59 Å². The fraction of sp³-hybridized carbons (Fsp3) is 0.556. The summed E-state index contributed by atoms with van der Waals surface area (Å²) in [6.45, 7) is 7.70. The smallest absolute Gasteiger partial charge is 0.253 e. The fourth-order valence-corrected chi connectivity index (χ4v) is 2.94. The van der Waals surface area contributed by atoms with Gasteiger partial charge in [-0.1, -0.05) is 12.5 Å². The summed E-state index contributed by atoms with van der Waals surface area (Å²) in [5.41, 5.74) is 1.30. The summed E-state index contributed by atoms with van der Waals surface area (Å²) in [6.07, 6.45) is 3.59. The Morgan fingerprint density at radius 1 is 1.13 bits per heavy atom. The predicted octanol–water partition coefficient (Wildman–Crippen LogP) is 2.59. The van der Waals surface area contributed by atoms with E-state index in [-0.39, 0.29) is 11.8 Å². The molecular weight excluding hydrogens is 290 g/mol. The van der Waals surface area contributed by atoms with Gasteiger partial charge in [0.1, 0.15) is 0 Å². The lowest BCUT2D eigenvalue weighted by molar-refractivity contribution is -0.117. The number of piperidine rings is 1. The Morgan fingerprint density at radius 2 is 1.83 bits per heavy atom. The molecule has 1 N–H and O–H groups in total. The molecule has 23 heavy (non-hydrogen) atoms. The zero-order valence-electron chi connectivity index (χ0n) is 14.2. The van der Waals surface area contributed by atoms with Gasteiger partial charge in [0.2, 0.25) is 5.91 Å². The molecule has 1 aromatic rings. The third-order valence-electron chi connectivity index (χ3n) is 4.26. The van der Waals surface area contributed by atoms with Crippen LogP contribution < -0.4 is 5.32 Å². The molecule has 2 rings (SSSR count). The topological polar surface area (TPSA) is 52.7 Å². The van der Waals surface area contributed by atoms with Crippen LogP contribution in [-0.4, -0.2) is 54.3 Å². The molecule has 126 valence electrons. The minimum Gasteiger partial charge on any atom is -0.339 e. The first-order valence-corrected chi connectivity index (χ1v) is 8.55. The molecule has 1 heterocycles. The summed E-state index contributed by atoms with van der Waals surface area (Å²) in [5.74, 6) is -0.0125. The van der Waals surface area contributed by atoms with Crippen LogP contribution in [0, 0.1) is 0 Å². The maximum absolute atomic E-state index is 12.4. The number of hydrogen-bond donors (Lipinski definition) is 1. The first-order valence-electron chi connectivity index (χ1n) is 8.55. The zero-order chi connectivity index (χ0) is 16.7. The van der Waals surface area contributed by atoms with E-state index in [2.05, 4.69) is 10.2 Å². The van der Waals surface area contributed by atoms with Gasteiger partial charge >= 0.3 is 0 Å². The van der Waals surface area contributed by atoms with E-state index in [0.717, 1.165) is 13.1 Å². The second kappa shape index (κ2) is 8.67. The molecule has 0 atom stereocenters. The largest absolute Gasteiger partial charge is 0.339 e. The normalized spacial score (nSPS) is 15.2. The lowest BCUT2D eigenvalue weighted by atomic mass is 10.1. The number of anilines is 1. The van der Waals surface area contributed by atoms with E-state index in [1.165, 1.54) is 19.3 Å². The first kappa shape index (κ1) is 17.5. The van der Waals surface area contributed by atoms with E-state index < -0.39 is 0 Å². The number of rotatable bonds is 6. The van der Waals surface area contributed by atoms with E-state index >= 15 is 0 Å². The summed E-state index contributed by atoms with van der Waals surface area (Å²) in [5, 5.41) is 2.91. The molecule has 0 aliphatic carbocycles. The number of carbonyl (C=O) groups is 2. The van der Waals surface area contributed by atoms with Gasteiger partial charge < -0.3 is 10.2 Å². The van der Waals surface area contributed by atoms with Crippen LogP contribution in [0.2, 0.25) is 0 Å². The number of nitrogens with one attached hydrogen (secondary N) is 1. The van der Waals surface area contributed by atoms with Gasteiger partial charge in [0.05, 0.1) is 6.54 Å². The molecule has 1 fully saturated rings. The van der Waals surface area contributed by atoms with Crippen molar-refractivity contribution < 1.29 is 9.59 Å². The molecule has 0 aromatic heterocycles. The highest BCUT2D eigenvalue weighted by Gasteiger charge is 2.15. The van der Waals surface area contributed by atoms with Crippen molar-refractivity contribution >= 4 is 17.5 Å². The van der Waals surface area contributed by atoms with Crippen molar-refractivity contribution in [3.63, 3.8) is 0 Å². The maximum Gasteiger partial charge on any atom is 0.253 e. The minimum absolute atomic E-state index is 0.00197. The summed E-state index contributed by atoms with van der Waals surface area (Å²) >= 11 is 0. The number of hydrogen-bond acceptors (Lipinski definition) is 3. The first-order chi connectivity index (χ1) is 11.1. The molecule has 0 unspecified atom stereocenters. The van der Waals surface area contributed by atoms with E-state index in [4.69, 9.17) is 0 Å². The van der Waals surface area contributed by atoms with Crippen molar-refractivity contribution in [3.8, 4) is 0 Å². The number of amides is 2. The van der Waals surface area contributed by atoms with Crippen LogP contribution in [0.4, 0.5) is 5.69 Å². The highest BCUT2D eigenvalue weighted by molar-refractivity contribution is 5.97. The van der Waals surface area contributed by atoms with Crippen LogP contribution in [0.3, 0.4) is 0 Å². The Bertz CT molecular complexity index is 535. The summed E-state index contributed by atoms with van der Waals surface area (Å²) < 4.78 is 0. The Morgan fingerprint density at radius 3 is 2.48 bits per heavy atom. The third-order valence-corrected chi connectivity index (χ3v) is 4.26. The Labute approximate surface area is 138 Å². The van der Waals surface area contributed by atoms with Crippen LogP contribution in [0.15, 0.2) is 24.3 Å². The Balaban J connectivity index is 1.96. The van der Waals surface area contributed by atoms with Gasteiger partial charge in [-0.2, -0.15) is 0 Å². The van der Waals surface area contributed by atoms with Crippen molar-refractivity contribution in [2.75, 3.05) is 38.0 Å². The SMILES string of the molecule is CCN(CC)C(=O)c1cccc(NC(=O)CN2CCCCC2)c1. The number of nitrogens with zero attached hydrogens (tertiary/aromatic N) is 2. The lowest BCUT2D eigenvalue weighted by Crippen LogP contribution is -2.36. The van der Waals surface area contributed by atoms with Gasteiger partial charge in [-0.15, -0.1) is 0 Å². The van der Waals surface area contributed by atoms with Crippen LogP contribution >= 0.6 is 0 Å². The van der Waals surface area contributed by atoms with Crippen molar-refractivity contribution in [1.29, 1.82) is 0 Å². The molecule has 0 bridgehead atoms. The molecule has 2 amide bonds. The average Bonchev–Trinajstić information content (AvgIpc) is 2.57. The Hall–Kier alpha value is -1.88. The molecule has 1 aliphatic heterocycles. The van der Waals surface area contributed by atoms with E-state index in [0.29, 0.717) is 30.9 Å². The molecule has 1 saturated heterocycles. The second-order valence-electron chi connectivity index (χ2n) is 5.94. The molecule has 0 saturated carbocycles. The van der Waals surface area contributed by atoms with Gasteiger partial charge in [-0.05, 0) is 58.0 Å². The van der Waals surface area contributed by atoms with Crippen LogP contribution in [0.5, 0.6) is 0 Å². The van der Waals surface area contributed by atoms with E-state index in [1.54, 1.807) is 17.0 Å². The zero-order valence-corrected chi connectivity index (χ0v) is 14.2. The minimum atomic E-state index is -0.0145. The highest BCUT2D eigenvalue weighted by Crippen LogP contribution is 2.14. The standard InChI is InChI=1S/C18H27N3O2/c1-3-21(4-2)18(23)15-9-8-10-16(13-15)19-17(22)14-20-11-6-5-7-12-20/h8-10,13H,3-7,11-12,14H2,1-2H3,(H,19,22). The van der Waals surface area contributed by atoms with E-state index in [1.807, 2.05) is 26.0 Å². The van der Waals surface area contributed by atoms with Gasteiger partial charge in [-0.3, -0.25) is 14.5 Å². The van der Waals surface area contributed by atoms with Crippen LogP contribution in [0.25, 0.3) is 0 Å². The predicted molar refractivity (Wildman–Crippen MR) is 92.6 cm³/mol. The summed E-state index contributed by atoms with van der Waals surface area (Å²) in [7, 11) is 0. The van der Waals surface area contributed by atoms with Gasteiger partial charge in [0.15, 0.2) is 0 Å². The number of benzene rings is 1. The third kappa shape index (κ3) is 5.06. The molecular formula is C18H27N3O2. The Kier molecular flexibility index (Phi) is 6.59. The molecule has 5 nitrogen and oxygen atoms in total. The number of likely N-dealkylation sites (tertiary alicyclic amines) is 1. The van der Waals surface area contributed by atoms with Crippen LogP contribution in [-0.2, 0) is 4.79 Å². The summed E-state index contributed by atoms with van der Waals surface area (Å²) in [6, 6.07) is 7.19. The van der Waals surface area contributed by atoms with Crippen molar-refractivity contribution in [3.05, 3.63) is 29.8 Å². The highest BCUT2D eigenvalue weighted by atomic mass is 16.2. The maximum atomic E-state index is 12.4. The van der Waals surface area contributed by atoms with Crippen LogP contribution in [0.1, 0.15) is 43.5 Å². The molecule has 0 spiro atoms. The van der Waals surface area contributed by atoms with Gasteiger partial charge in [0.25, 0.3) is 5.91 Å². The number of carbonyl (C=O) groups excluding carboxylic acids is 2. The summed E-state index contributed by atoms with van der Waals surface area (Å²) in [4.78, 5) is 28.5. The fourth-order valence-electron chi connectivity index (χ4n) is 2.94.